The summed E-state index contributed by atoms with van der Waals surface area (Å²) in [7, 11) is 0. The summed E-state index contributed by atoms with van der Waals surface area (Å²) < 4.78 is 10.3. The van der Waals surface area contributed by atoms with Crippen LogP contribution in [0.3, 0.4) is 0 Å². The Morgan fingerprint density at radius 1 is 1.56 bits per heavy atom. The van der Waals surface area contributed by atoms with Gasteiger partial charge in [0.1, 0.15) is 11.6 Å². The summed E-state index contributed by atoms with van der Waals surface area (Å²) in [6.07, 6.45) is 1.20. The average molecular weight is 246 g/mol. The van der Waals surface area contributed by atoms with Crippen molar-refractivity contribution < 1.29 is 19.4 Å². The van der Waals surface area contributed by atoms with Gasteiger partial charge in [0.15, 0.2) is 0 Å². The third-order valence-electron chi connectivity index (χ3n) is 1.72. The number of pyridine rings is 1. The van der Waals surface area contributed by atoms with E-state index in [1.165, 1.54) is 12.3 Å². The predicted octanol–water partition coefficient (Wildman–Crippen LogP) is 1.85. The second-order valence-electron chi connectivity index (χ2n) is 2.86. The topological polar surface area (TPSA) is 68.7 Å². The number of aromatic nitrogens is 1. The summed E-state index contributed by atoms with van der Waals surface area (Å²) in [6, 6.07) is 1.30. The van der Waals surface area contributed by atoms with Gasteiger partial charge in [-0.15, -0.1) is 0 Å². The Morgan fingerprint density at radius 3 is 2.88 bits per heavy atom. The van der Waals surface area contributed by atoms with Crippen molar-refractivity contribution in [2.75, 3.05) is 19.8 Å². The van der Waals surface area contributed by atoms with Gasteiger partial charge in [-0.2, -0.15) is 0 Å². The number of carboxylic acid groups (broad SMARTS) is 1. The van der Waals surface area contributed by atoms with Crippen LogP contribution in [0.1, 0.15) is 17.3 Å². The van der Waals surface area contributed by atoms with E-state index in [9.17, 15) is 4.79 Å². The molecular formula is C10H12ClNO4. The van der Waals surface area contributed by atoms with Crippen molar-refractivity contribution in [1.82, 2.24) is 4.98 Å². The zero-order valence-corrected chi connectivity index (χ0v) is 9.53. The molecule has 1 rings (SSSR count). The van der Waals surface area contributed by atoms with E-state index in [-0.39, 0.29) is 16.5 Å². The minimum absolute atomic E-state index is 0.0298. The normalized spacial score (nSPS) is 10.1. The number of ether oxygens (including phenoxy) is 2. The molecule has 1 heterocycles. The first-order valence-electron chi connectivity index (χ1n) is 4.74. The lowest BCUT2D eigenvalue weighted by Gasteiger charge is -2.07. The van der Waals surface area contributed by atoms with Crippen LogP contribution in [0, 0.1) is 0 Å². The van der Waals surface area contributed by atoms with Crippen molar-refractivity contribution >= 4 is 17.6 Å². The lowest BCUT2D eigenvalue weighted by Crippen LogP contribution is -2.08. The number of aromatic carboxylic acids is 1. The van der Waals surface area contributed by atoms with Crippen LogP contribution in [0.4, 0.5) is 0 Å². The highest BCUT2D eigenvalue weighted by molar-refractivity contribution is 6.32. The number of rotatable bonds is 6. The van der Waals surface area contributed by atoms with E-state index in [2.05, 4.69) is 4.98 Å². The molecule has 0 aliphatic carbocycles. The predicted molar refractivity (Wildman–Crippen MR) is 58.2 cm³/mol. The van der Waals surface area contributed by atoms with Gasteiger partial charge in [-0.25, -0.2) is 9.78 Å². The Kier molecular flexibility index (Phi) is 5.01. The van der Waals surface area contributed by atoms with Crippen molar-refractivity contribution in [2.45, 2.75) is 6.92 Å². The van der Waals surface area contributed by atoms with E-state index in [4.69, 9.17) is 26.2 Å². The molecule has 0 saturated heterocycles. The maximum Gasteiger partial charge on any atom is 0.337 e. The smallest absolute Gasteiger partial charge is 0.337 e. The molecule has 0 aromatic carbocycles. The minimum atomic E-state index is -1.07. The lowest BCUT2D eigenvalue weighted by molar-refractivity contribution is 0.0696. The third-order valence-corrected chi connectivity index (χ3v) is 2.00. The maximum atomic E-state index is 10.6. The van der Waals surface area contributed by atoms with Gasteiger partial charge in [-0.1, -0.05) is 11.6 Å². The van der Waals surface area contributed by atoms with Gasteiger partial charge in [0.25, 0.3) is 0 Å². The van der Waals surface area contributed by atoms with Crippen LogP contribution < -0.4 is 4.74 Å². The van der Waals surface area contributed by atoms with E-state index in [1.54, 1.807) is 0 Å². The molecule has 5 nitrogen and oxygen atoms in total. The summed E-state index contributed by atoms with van der Waals surface area (Å²) in [6.45, 7) is 3.26. The van der Waals surface area contributed by atoms with Crippen molar-refractivity contribution in [3.8, 4) is 5.88 Å². The van der Waals surface area contributed by atoms with Gasteiger partial charge in [-0.3, -0.25) is 0 Å². The fourth-order valence-corrected chi connectivity index (χ4v) is 1.21. The molecular weight excluding hydrogens is 234 g/mol. The molecule has 0 fully saturated rings. The molecule has 1 N–H and O–H groups in total. The van der Waals surface area contributed by atoms with Crippen LogP contribution in [-0.4, -0.2) is 35.9 Å². The fraction of sp³-hybridized carbons (Fsp3) is 0.400. The van der Waals surface area contributed by atoms with Crippen LogP contribution in [0.5, 0.6) is 5.88 Å². The monoisotopic (exact) mass is 245 g/mol. The van der Waals surface area contributed by atoms with Crippen molar-refractivity contribution in [2.24, 2.45) is 0 Å². The van der Waals surface area contributed by atoms with Crippen molar-refractivity contribution in [3.63, 3.8) is 0 Å². The zero-order valence-electron chi connectivity index (χ0n) is 8.77. The van der Waals surface area contributed by atoms with Crippen molar-refractivity contribution in [3.05, 3.63) is 22.8 Å². The summed E-state index contributed by atoms with van der Waals surface area (Å²) in [5.74, 6) is -0.860. The van der Waals surface area contributed by atoms with Gasteiger partial charge in [0.05, 0.1) is 12.2 Å². The largest absolute Gasteiger partial charge is 0.478 e. The van der Waals surface area contributed by atoms with Crippen LogP contribution in [-0.2, 0) is 4.74 Å². The number of carbonyl (C=O) groups is 1. The molecule has 0 radical (unpaired) electrons. The van der Waals surface area contributed by atoms with Gasteiger partial charge in [-0.05, 0) is 13.0 Å². The molecule has 0 aliphatic heterocycles. The summed E-state index contributed by atoms with van der Waals surface area (Å²) >= 11 is 5.79. The number of hydrogen-bond donors (Lipinski definition) is 1. The van der Waals surface area contributed by atoms with E-state index in [0.717, 1.165) is 0 Å². The summed E-state index contributed by atoms with van der Waals surface area (Å²) in [4.78, 5) is 14.4. The van der Waals surface area contributed by atoms with E-state index < -0.39 is 5.97 Å². The molecule has 0 amide bonds. The Bertz CT molecular complexity index is 370. The van der Waals surface area contributed by atoms with Gasteiger partial charge in [0, 0.05) is 12.8 Å². The molecule has 0 atom stereocenters. The second kappa shape index (κ2) is 6.30. The molecule has 0 spiro atoms. The van der Waals surface area contributed by atoms with Gasteiger partial charge in [0.2, 0.25) is 5.88 Å². The Hall–Kier alpha value is -1.33. The molecule has 1 aromatic rings. The SMILES string of the molecule is CCOCCOc1ncc(C(=O)O)cc1Cl. The highest BCUT2D eigenvalue weighted by Crippen LogP contribution is 2.22. The van der Waals surface area contributed by atoms with Crippen LogP contribution in [0.15, 0.2) is 12.3 Å². The molecule has 0 saturated carbocycles. The van der Waals surface area contributed by atoms with Gasteiger partial charge < -0.3 is 14.6 Å². The molecule has 0 aliphatic rings. The number of halogens is 1. The maximum absolute atomic E-state index is 10.6. The molecule has 88 valence electrons. The Morgan fingerprint density at radius 2 is 2.31 bits per heavy atom. The standard InChI is InChI=1S/C10H12ClNO4/c1-2-15-3-4-16-9-8(11)5-7(6-12-9)10(13)14/h5-6H,2-4H2,1H3,(H,13,14). The molecule has 1 aromatic heterocycles. The van der Waals surface area contributed by atoms with Crippen LogP contribution >= 0.6 is 11.6 Å². The number of hydrogen-bond acceptors (Lipinski definition) is 4. The summed E-state index contributed by atoms with van der Waals surface area (Å²) in [5, 5.41) is 8.86. The highest BCUT2D eigenvalue weighted by atomic mass is 35.5. The van der Waals surface area contributed by atoms with E-state index in [1.807, 2.05) is 6.92 Å². The molecule has 0 bridgehead atoms. The van der Waals surface area contributed by atoms with Gasteiger partial charge >= 0.3 is 5.97 Å². The van der Waals surface area contributed by atoms with Crippen molar-refractivity contribution in [1.29, 1.82) is 0 Å². The van der Waals surface area contributed by atoms with E-state index in [0.29, 0.717) is 19.8 Å². The fourth-order valence-electron chi connectivity index (χ4n) is 0.990. The zero-order chi connectivity index (χ0) is 12.0. The van der Waals surface area contributed by atoms with E-state index >= 15 is 0 Å². The molecule has 0 unspecified atom stereocenters. The summed E-state index contributed by atoms with van der Waals surface area (Å²) in [5.41, 5.74) is 0.0298. The first kappa shape index (κ1) is 12.7. The first-order chi connectivity index (χ1) is 7.65. The Labute approximate surface area is 98.0 Å². The second-order valence-corrected chi connectivity index (χ2v) is 3.27. The number of carboxylic acids is 1. The van der Waals surface area contributed by atoms with Crippen LogP contribution in [0.25, 0.3) is 0 Å². The van der Waals surface area contributed by atoms with Crippen LogP contribution in [0.2, 0.25) is 5.02 Å². The molecule has 16 heavy (non-hydrogen) atoms. The minimum Gasteiger partial charge on any atom is -0.478 e. The quantitative estimate of drug-likeness (QED) is 0.775. The average Bonchev–Trinajstić information content (AvgIpc) is 2.26. The first-order valence-corrected chi connectivity index (χ1v) is 5.12. The number of nitrogens with zero attached hydrogens (tertiary/aromatic N) is 1. The third kappa shape index (κ3) is 3.67. The Balaban J connectivity index is 2.57. The molecule has 6 heteroatoms. The highest BCUT2D eigenvalue weighted by Gasteiger charge is 2.09. The lowest BCUT2D eigenvalue weighted by atomic mass is 10.3.